The Morgan fingerprint density at radius 1 is 1.18 bits per heavy atom. The van der Waals surface area contributed by atoms with Crippen molar-refractivity contribution in [1.29, 1.82) is 0 Å². The quantitative estimate of drug-likeness (QED) is 0.665. The molecule has 0 amide bonds. The number of ether oxygens (including phenoxy) is 2. The molecule has 102 valence electrons. The van der Waals surface area contributed by atoms with Crippen molar-refractivity contribution in [2.24, 2.45) is 0 Å². The van der Waals surface area contributed by atoms with Gasteiger partial charge in [-0.1, -0.05) is 6.92 Å². The fourth-order valence-electron chi connectivity index (χ4n) is 2.14. The maximum Gasteiger partial charge on any atom is 0.0708 e. The van der Waals surface area contributed by atoms with Crippen LogP contribution in [0.1, 0.15) is 53.4 Å². The Kier molecular flexibility index (Phi) is 5.90. The van der Waals surface area contributed by atoms with Crippen molar-refractivity contribution in [3.05, 3.63) is 0 Å². The second-order valence-corrected chi connectivity index (χ2v) is 5.95. The summed E-state index contributed by atoms with van der Waals surface area (Å²) in [5.41, 5.74) is 0.101. The molecular formula is C14H29NO2. The first-order chi connectivity index (χ1) is 7.97. The zero-order chi connectivity index (χ0) is 12.8. The lowest BCUT2D eigenvalue weighted by atomic mass is 9.77. The van der Waals surface area contributed by atoms with Crippen LogP contribution in [-0.2, 0) is 9.47 Å². The predicted molar refractivity (Wildman–Crippen MR) is 71.4 cm³/mol. The first kappa shape index (κ1) is 14.9. The summed E-state index contributed by atoms with van der Waals surface area (Å²) in [5, 5.41) is 3.38. The maximum absolute atomic E-state index is 6.04. The summed E-state index contributed by atoms with van der Waals surface area (Å²) in [4.78, 5) is 0. The summed E-state index contributed by atoms with van der Waals surface area (Å²) < 4.78 is 11.7. The van der Waals surface area contributed by atoms with Gasteiger partial charge in [-0.25, -0.2) is 0 Å². The molecule has 3 nitrogen and oxygen atoms in total. The van der Waals surface area contributed by atoms with Gasteiger partial charge in [-0.05, 0) is 59.5 Å². The third-order valence-electron chi connectivity index (χ3n) is 3.30. The Hall–Kier alpha value is -0.120. The molecule has 0 atom stereocenters. The minimum absolute atomic E-state index is 0.0557. The van der Waals surface area contributed by atoms with Crippen molar-refractivity contribution in [2.45, 2.75) is 64.6 Å². The average Bonchev–Trinajstić information content (AvgIpc) is 2.18. The lowest BCUT2D eigenvalue weighted by Gasteiger charge is -2.42. The van der Waals surface area contributed by atoms with E-state index in [4.69, 9.17) is 9.47 Å². The van der Waals surface area contributed by atoms with Crippen LogP contribution in [0.4, 0.5) is 0 Å². The van der Waals surface area contributed by atoms with E-state index >= 15 is 0 Å². The molecule has 0 radical (unpaired) electrons. The van der Waals surface area contributed by atoms with E-state index in [-0.39, 0.29) is 11.2 Å². The van der Waals surface area contributed by atoms with E-state index in [9.17, 15) is 0 Å². The molecule has 0 aromatic carbocycles. The van der Waals surface area contributed by atoms with Gasteiger partial charge in [0.25, 0.3) is 0 Å². The molecule has 0 heterocycles. The van der Waals surface area contributed by atoms with Gasteiger partial charge >= 0.3 is 0 Å². The van der Waals surface area contributed by atoms with Crippen LogP contribution in [0.3, 0.4) is 0 Å². The highest BCUT2D eigenvalue weighted by molar-refractivity contribution is 4.90. The van der Waals surface area contributed by atoms with Crippen molar-refractivity contribution in [3.63, 3.8) is 0 Å². The Balaban J connectivity index is 2.14. The highest BCUT2D eigenvalue weighted by atomic mass is 16.5. The van der Waals surface area contributed by atoms with Crippen LogP contribution in [0.15, 0.2) is 0 Å². The molecule has 1 aliphatic carbocycles. The molecule has 3 heteroatoms. The van der Waals surface area contributed by atoms with Gasteiger partial charge in [0, 0.05) is 0 Å². The standard InChI is InChI=1S/C14H29NO2/c1-5-15-10-9-14(7-6-8-14)17-12-11-16-13(2,3)4/h15H,5-12H2,1-4H3. The van der Waals surface area contributed by atoms with E-state index in [1.807, 2.05) is 0 Å². The number of rotatable bonds is 8. The second kappa shape index (κ2) is 6.72. The Bertz CT molecular complexity index is 207. The molecular weight excluding hydrogens is 214 g/mol. The van der Waals surface area contributed by atoms with E-state index in [2.05, 4.69) is 33.0 Å². The van der Waals surface area contributed by atoms with Crippen molar-refractivity contribution in [1.82, 2.24) is 5.32 Å². The lowest BCUT2D eigenvalue weighted by molar-refractivity contribution is -0.130. The van der Waals surface area contributed by atoms with Crippen LogP contribution in [0, 0.1) is 0 Å². The average molecular weight is 243 g/mol. The van der Waals surface area contributed by atoms with E-state index in [1.54, 1.807) is 0 Å². The summed E-state index contributed by atoms with van der Waals surface area (Å²) >= 11 is 0. The minimum Gasteiger partial charge on any atom is -0.373 e. The Morgan fingerprint density at radius 2 is 1.88 bits per heavy atom. The molecule has 0 aromatic rings. The van der Waals surface area contributed by atoms with Gasteiger partial charge in [0.1, 0.15) is 0 Å². The molecule has 0 spiro atoms. The summed E-state index contributed by atoms with van der Waals surface area (Å²) in [7, 11) is 0. The van der Waals surface area contributed by atoms with E-state index in [0.717, 1.165) is 26.1 Å². The monoisotopic (exact) mass is 243 g/mol. The van der Waals surface area contributed by atoms with Gasteiger partial charge in [0.2, 0.25) is 0 Å². The molecule has 1 rings (SSSR count). The zero-order valence-corrected chi connectivity index (χ0v) is 12.0. The first-order valence-electron chi connectivity index (χ1n) is 6.96. The summed E-state index contributed by atoms with van der Waals surface area (Å²) in [6.45, 7) is 11.9. The van der Waals surface area contributed by atoms with Gasteiger partial charge in [0.15, 0.2) is 0 Å². The minimum atomic E-state index is -0.0557. The number of hydrogen-bond acceptors (Lipinski definition) is 3. The number of nitrogens with one attached hydrogen (secondary N) is 1. The SMILES string of the molecule is CCNCCC1(OCCOC(C)(C)C)CCC1. The van der Waals surface area contributed by atoms with Crippen LogP contribution in [0.5, 0.6) is 0 Å². The van der Waals surface area contributed by atoms with Crippen molar-refractivity contribution in [3.8, 4) is 0 Å². The Morgan fingerprint density at radius 3 is 2.35 bits per heavy atom. The predicted octanol–water partition coefficient (Wildman–Crippen LogP) is 2.74. The summed E-state index contributed by atoms with van der Waals surface area (Å²) in [5.74, 6) is 0. The van der Waals surface area contributed by atoms with Crippen LogP contribution in [-0.4, -0.2) is 37.5 Å². The smallest absolute Gasteiger partial charge is 0.0708 e. The summed E-state index contributed by atoms with van der Waals surface area (Å²) in [6.07, 6.45) is 4.88. The molecule has 0 bridgehead atoms. The second-order valence-electron chi connectivity index (χ2n) is 5.95. The first-order valence-corrected chi connectivity index (χ1v) is 6.96. The van der Waals surface area contributed by atoms with Gasteiger partial charge in [-0.3, -0.25) is 0 Å². The molecule has 0 aromatic heterocycles. The van der Waals surface area contributed by atoms with Gasteiger partial charge < -0.3 is 14.8 Å². The van der Waals surface area contributed by atoms with E-state index in [0.29, 0.717) is 6.61 Å². The van der Waals surface area contributed by atoms with E-state index < -0.39 is 0 Å². The number of hydrogen-bond donors (Lipinski definition) is 1. The molecule has 17 heavy (non-hydrogen) atoms. The lowest BCUT2D eigenvalue weighted by Crippen LogP contribution is -2.43. The third-order valence-corrected chi connectivity index (χ3v) is 3.30. The van der Waals surface area contributed by atoms with Crippen LogP contribution in [0.25, 0.3) is 0 Å². The van der Waals surface area contributed by atoms with Crippen molar-refractivity contribution >= 4 is 0 Å². The highest BCUT2D eigenvalue weighted by Crippen LogP contribution is 2.38. The highest BCUT2D eigenvalue weighted by Gasteiger charge is 2.37. The normalized spacial score (nSPS) is 19.1. The molecule has 1 saturated carbocycles. The zero-order valence-electron chi connectivity index (χ0n) is 12.0. The van der Waals surface area contributed by atoms with E-state index in [1.165, 1.54) is 19.3 Å². The maximum atomic E-state index is 6.04. The molecule has 0 aliphatic heterocycles. The largest absolute Gasteiger partial charge is 0.373 e. The van der Waals surface area contributed by atoms with Crippen LogP contribution >= 0.6 is 0 Å². The Labute approximate surface area is 106 Å². The van der Waals surface area contributed by atoms with Crippen molar-refractivity contribution in [2.75, 3.05) is 26.3 Å². The summed E-state index contributed by atoms with van der Waals surface area (Å²) in [6, 6.07) is 0. The van der Waals surface area contributed by atoms with Gasteiger partial charge in [-0.15, -0.1) is 0 Å². The molecule has 0 unspecified atom stereocenters. The topological polar surface area (TPSA) is 30.5 Å². The fraction of sp³-hybridized carbons (Fsp3) is 1.00. The van der Waals surface area contributed by atoms with Crippen LogP contribution in [0.2, 0.25) is 0 Å². The van der Waals surface area contributed by atoms with Gasteiger partial charge in [0.05, 0.1) is 24.4 Å². The van der Waals surface area contributed by atoms with Crippen molar-refractivity contribution < 1.29 is 9.47 Å². The molecule has 0 saturated heterocycles. The molecule has 1 N–H and O–H groups in total. The molecule has 1 fully saturated rings. The third kappa shape index (κ3) is 5.84. The molecule has 1 aliphatic rings. The fourth-order valence-corrected chi connectivity index (χ4v) is 2.14. The van der Waals surface area contributed by atoms with Crippen LogP contribution < -0.4 is 5.32 Å². The van der Waals surface area contributed by atoms with Gasteiger partial charge in [-0.2, -0.15) is 0 Å².